The van der Waals surface area contributed by atoms with Crippen LogP contribution in [0.2, 0.25) is 0 Å². The van der Waals surface area contributed by atoms with Gasteiger partial charge in [-0.05, 0) is 12.8 Å². The highest BCUT2D eigenvalue weighted by Gasteiger charge is 2.48. The van der Waals surface area contributed by atoms with Crippen molar-refractivity contribution in [2.75, 3.05) is 13.2 Å². The summed E-state index contributed by atoms with van der Waals surface area (Å²) in [4.78, 5) is 23.1. The van der Waals surface area contributed by atoms with Crippen molar-refractivity contribution in [1.82, 2.24) is 5.32 Å². The zero-order chi connectivity index (χ0) is 15.6. The van der Waals surface area contributed by atoms with E-state index in [2.05, 4.69) is 5.32 Å². The second kappa shape index (κ2) is 6.21. The second-order valence-electron chi connectivity index (χ2n) is 5.64. The molecule has 4 atom stereocenters. The van der Waals surface area contributed by atoms with Crippen LogP contribution >= 0.6 is 0 Å². The van der Waals surface area contributed by atoms with Crippen LogP contribution in [0.25, 0.3) is 0 Å². The summed E-state index contributed by atoms with van der Waals surface area (Å²) in [6, 6.07) is -0.759. The Morgan fingerprint density at radius 1 is 1.10 bits per heavy atom. The second-order valence-corrected chi connectivity index (χ2v) is 5.64. The van der Waals surface area contributed by atoms with Crippen LogP contribution in [0.4, 0.5) is 13.2 Å². The van der Waals surface area contributed by atoms with E-state index in [9.17, 15) is 22.8 Å². The summed E-state index contributed by atoms with van der Waals surface area (Å²) in [5.41, 5.74) is 0. The highest BCUT2D eigenvalue weighted by Crippen LogP contribution is 2.41. The number of ether oxygens (including phenoxy) is 1. The van der Waals surface area contributed by atoms with Crippen molar-refractivity contribution < 1.29 is 32.6 Å². The monoisotopic (exact) mass is 309 g/mol. The van der Waals surface area contributed by atoms with Gasteiger partial charge >= 0.3 is 12.1 Å². The maximum atomic E-state index is 13.0. The molecule has 0 spiro atoms. The van der Waals surface area contributed by atoms with Crippen LogP contribution in [0.15, 0.2) is 0 Å². The Morgan fingerprint density at radius 2 is 1.76 bits per heavy atom. The molecule has 120 valence electrons. The van der Waals surface area contributed by atoms with Crippen LogP contribution in [0, 0.1) is 17.8 Å². The van der Waals surface area contributed by atoms with Gasteiger partial charge in [-0.2, -0.15) is 13.2 Å². The van der Waals surface area contributed by atoms with Gasteiger partial charge in [0.15, 0.2) is 0 Å². The van der Waals surface area contributed by atoms with Crippen LogP contribution in [-0.2, 0) is 14.3 Å². The molecule has 1 amide bonds. The predicted molar refractivity (Wildman–Crippen MR) is 65.4 cm³/mol. The van der Waals surface area contributed by atoms with Gasteiger partial charge < -0.3 is 15.2 Å². The molecule has 5 nitrogen and oxygen atoms in total. The first-order chi connectivity index (χ1) is 9.80. The van der Waals surface area contributed by atoms with Crippen molar-refractivity contribution in [3.05, 3.63) is 0 Å². The molecule has 2 aliphatic rings. The third kappa shape index (κ3) is 3.66. The van der Waals surface area contributed by atoms with E-state index in [0.717, 1.165) is 0 Å². The van der Waals surface area contributed by atoms with Gasteiger partial charge in [-0.15, -0.1) is 0 Å². The van der Waals surface area contributed by atoms with Gasteiger partial charge in [0.25, 0.3) is 0 Å². The number of carboxylic acid groups (broad SMARTS) is 1. The molecule has 2 fully saturated rings. The van der Waals surface area contributed by atoms with E-state index < -0.39 is 41.8 Å². The van der Waals surface area contributed by atoms with E-state index in [-0.39, 0.29) is 26.1 Å². The van der Waals surface area contributed by atoms with E-state index in [0.29, 0.717) is 12.8 Å². The highest BCUT2D eigenvalue weighted by molar-refractivity contribution is 5.81. The van der Waals surface area contributed by atoms with Gasteiger partial charge in [-0.3, -0.25) is 9.59 Å². The molecule has 0 aromatic carbocycles. The van der Waals surface area contributed by atoms with Crippen LogP contribution in [-0.4, -0.2) is 42.4 Å². The van der Waals surface area contributed by atoms with Crippen molar-refractivity contribution in [2.45, 2.75) is 37.9 Å². The van der Waals surface area contributed by atoms with Crippen molar-refractivity contribution >= 4 is 11.9 Å². The Morgan fingerprint density at radius 3 is 2.38 bits per heavy atom. The summed E-state index contributed by atoms with van der Waals surface area (Å²) in [5, 5.41) is 11.4. The number of nitrogens with one attached hydrogen (secondary N) is 1. The number of aliphatic carboxylic acids is 1. The van der Waals surface area contributed by atoms with Crippen LogP contribution < -0.4 is 5.32 Å². The standard InChI is InChI=1S/C13H18F3NO4/c14-13(15,16)9-4-2-1-3-7(9)11(18)17-10-6-21-5-8(10)12(19)20/h7-10H,1-6H2,(H,17,18)(H,19,20). The van der Waals surface area contributed by atoms with Gasteiger partial charge in [0.2, 0.25) is 5.91 Å². The number of amides is 1. The van der Waals surface area contributed by atoms with E-state index in [4.69, 9.17) is 9.84 Å². The maximum absolute atomic E-state index is 13.0. The summed E-state index contributed by atoms with van der Waals surface area (Å²) < 4.78 is 43.9. The molecule has 8 heteroatoms. The smallest absolute Gasteiger partial charge is 0.392 e. The molecule has 1 saturated heterocycles. The van der Waals surface area contributed by atoms with Crippen LogP contribution in [0.1, 0.15) is 25.7 Å². The highest BCUT2D eigenvalue weighted by atomic mass is 19.4. The Kier molecular flexibility index (Phi) is 4.75. The lowest BCUT2D eigenvalue weighted by Gasteiger charge is -2.32. The largest absolute Gasteiger partial charge is 0.481 e. The molecule has 1 saturated carbocycles. The quantitative estimate of drug-likeness (QED) is 0.830. The van der Waals surface area contributed by atoms with E-state index in [1.807, 2.05) is 0 Å². The minimum Gasteiger partial charge on any atom is -0.481 e. The molecule has 2 rings (SSSR count). The van der Waals surface area contributed by atoms with Crippen LogP contribution in [0.3, 0.4) is 0 Å². The number of carboxylic acids is 1. The summed E-state index contributed by atoms with van der Waals surface area (Å²) in [6.07, 6.45) is -3.24. The number of hydrogen-bond acceptors (Lipinski definition) is 3. The lowest BCUT2D eigenvalue weighted by atomic mass is 9.78. The van der Waals surface area contributed by atoms with Crippen molar-refractivity contribution in [3.63, 3.8) is 0 Å². The predicted octanol–water partition coefficient (Wildman–Crippen LogP) is 1.57. The molecule has 21 heavy (non-hydrogen) atoms. The lowest BCUT2D eigenvalue weighted by molar-refractivity contribution is -0.198. The fraction of sp³-hybridized carbons (Fsp3) is 0.846. The minimum absolute atomic E-state index is 0.0200. The molecule has 1 heterocycles. The number of hydrogen-bond donors (Lipinski definition) is 2. The van der Waals surface area contributed by atoms with Gasteiger partial charge in [0.1, 0.15) is 5.92 Å². The number of halogens is 3. The zero-order valence-electron chi connectivity index (χ0n) is 11.4. The number of carbonyl (C=O) groups is 2. The molecule has 4 unspecified atom stereocenters. The molecule has 1 aliphatic heterocycles. The minimum atomic E-state index is -4.40. The van der Waals surface area contributed by atoms with E-state index in [1.54, 1.807) is 0 Å². The van der Waals surface area contributed by atoms with E-state index in [1.165, 1.54) is 0 Å². The molecular weight excluding hydrogens is 291 g/mol. The van der Waals surface area contributed by atoms with Gasteiger partial charge in [-0.25, -0.2) is 0 Å². The molecule has 2 N–H and O–H groups in total. The van der Waals surface area contributed by atoms with Gasteiger partial charge in [0, 0.05) is 5.92 Å². The van der Waals surface area contributed by atoms with Gasteiger partial charge in [0.05, 0.1) is 25.2 Å². The van der Waals surface area contributed by atoms with Crippen molar-refractivity contribution in [2.24, 2.45) is 17.8 Å². The SMILES string of the molecule is O=C(O)C1COCC1NC(=O)C1CCCCC1C(F)(F)F. The number of alkyl halides is 3. The lowest BCUT2D eigenvalue weighted by Crippen LogP contribution is -2.49. The topological polar surface area (TPSA) is 75.6 Å². The van der Waals surface area contributed by atoms with E-state index >= 15 is 0 Å². The molecule has 0 bridgehead atoms. The number of carbonyl (C=O) groups excluding carboxylic acids is 1. The summed E-state index contributed by atoms with van der Waals surface area (Å²) in [7, 11) is 0. The zero-order valence-corrected chi connectivity index (χ0v) is 11.4. The third-order valence-corrected chi connectivity index (χ3v) is 4.25. The average Bonchev–Trinajstić information content (AvgIpc) is 2.86. The molecule has 0 aromatic rings. The van der Waals surface area contributed by atoms with Crippen molar-refractivity contribution in [3.8, 4) is 0 Å². The first kappa shape index (κ1) is 16.1. The molecule has 0 aromatic heterocycles. The Hall–Kier alpha value is -1.31. The molecule has 1 aliphatic carbocycles. The summed E-state index contributed by atoms with van der Waals surface area (Å²) in [5.74, 6) is -5.50. The summed E-state index contributed by atoms with van der Waals surface area (Å²) >= 11 is 0. The molecular formula is C13H18F3NO4. The Balaban J connectivity index is 2.02. The fourth-order valence-electron chi connectivity index (χ4n) is 3.07. The average molecular weight is 309 g/mol. The van der Waals surface area contributed by atoms with Crippen molar-refractivity contribution in [1.29, 1.82) is 0 Å². The Labute approximate surface area is 119 Å². The first-order valence-electron chi connectivity index (χ1n) is 6.98. The molecule has 0 radical (unpaired) electrons. The fourth-order valence-corrected chi connectivity index (χ4v) is 3.07. The Bertz CT molecular complexity index is 413. The summed E-state index contributed by atoms with van der Waals surface area (Å²) in [6.45, 7) is -0.0141. The normalized spacial score (nSPS) is 33.7. The third-order valence-electron chi connectivity index (χ3n) is 4.25. The first-order valence-corrected chi connectivity index (χ1v) is 6.98. The number of rotatable bonds is 3. The van der Waals surface area contributed by atoms with Gasteiger partial charge in [-0.1, -0.05) is 12.8 Å². The maximum Gasteiger partial charge on any atom is 0.392 e. The van der Waals surface area contributed by atoms with Crippen LogP contribution in [0.5, 0.6) is 0 Å².